The van der Waals surface area contributed by atoms with Crippen molar-refractivity contribution in [3.8, 4) is 0 Å². The van der Waals surface area contributed by atoms with Gasteiger partial charge < -0.3 is 11.1 Å². The molecule has 0 radical (unpaired) electrons. The zero-order valence-electron chi connectivity index (χ0n) is 14.0. The van der Waals surface area contributed by atoms with Crippen molar-refractivity contribution in [2.75, 3.05) is 13.1 Å². The molecular weight excluding hydrogens is 272 g/mol. The van der Waals surface area contributed by atoms with Crippen LogP contribution in [0, 0.1) is 0 Å². The SMILES string of the molecule is CC(C)NC(N)=NCc1ccc(CN2CCCCCC2)cc1. The molecule has 0 saturated carbocycles. The Bertz CT molecular complexity index is 456. The van der Waals surface area contributed by atoms with Gasteiger partial charge in [-0.05, 0) is 50.9 Å². The molecule has 1 aliphatic heterocycles. The number of likely N-dealkylation sites (tertiary alicyclic amines) is 1. The molecule has 122 valence electrons. The van der Waals surface area contributed by atoms with Crippen LogP contribution in [0.5, 0.6) is 0 Å². The fourth-order valence-corrected chi connectivity index (χ4v) is 2.82. The monoisotopic (exact) mass is 302 g/mol. The summed E-state index contributed by atoms with van der Waals surface area (Å²) in [6.45, 7) is 8.29. The Kier molecular flexibility index (Phi) is 6.72. The average Bonchev–Trinajstić information content (AvgIpc) is 2.74. The van der Waals surface area contributed by atoms with Gasteiger partial charge in [0.1, 0.15) is 0 Å². The molecule has 22 heavy (non-hydrogen) atoms. The van der Waals surface area contributed by atoms with Crippen molar-refractivity contribution in [2.24, 2.45) is 10.7 Å². The summed E-state index contributed by atoms with van der Waals surface area (Å²) in [6, 6.07) is 9.10. The van der Waals surface area contributed by atoms with Crippen LogP contribution in [0.1, 0.15) is 50.7 Å². The molecule has 0 spiro atoms. The molecule has 0 atom stereocenters. The first-order chi connectivity index (χ1) is 10.6. The van der Waals surface area contributed by atoms with E-state index in [-0.39, 0.29) is 0 Å². The van der Waals surface area contributed by atoms with Crippen molar-refractivity contribution >= 4 is 5.96 Å². The summed E-state index contributed by atoms with van der Waals surface area (Å²) < 4.78 is 0. The van der Waals surface area contributed by atoms with Gasteiger partial charge in [0.15, 0.2) is 5.96 Å². The van der Waals surface area contributed by atoms with Crippen molar-refractivity contribution in [2.45, 2.75) is 58.7 Å². The zero-order valence-corrected chi connectivity index (χ0v) is 14.0. The first-order valence-electron chi connectivity index (χ1n) is 8.50. The summed E-state index contributed by atoms with van der Waals surface area (Å²) in [5.74, 6) is 0.517. The third kappa shape index (κ3) is 6.06. The number of hydrogen-bond donors (Lipinski definition) is 2. The number of guanidine groups is 1. The lowest BCUT2D eigenvalue weighted by Crippen LogP contribution is -2.36. The van der Waals surface area contributed by atoms with Crippen molar-refractivity contribution < 1.29 is 0 Å². The van der Waals surface area contributed by atoms with E-state index in [0.29, 0.717) is 18.5 Å². The van der Waals surface area contributed by atoms with Gasteiger partial charge in [-0.3, -0.25) is 4.90 Å². The van der Waals surface area contributed by atoms with Gasteiger partial charge in [0.25, 0.3) is 0 Å². The van der Waals surface area contributed by atoms with E-state index in [1.165, 1.54) is 49.9 Å². The maximum atomic E-state index is 5.82. The summed E-state index contributed by atoms with van der Waals surface area (Å²) in [7, 11) is 0. The summed E-state index contributed by atoms with van der Waals surface area (Å²) in [5, 5.41) is 3.11. The Morgan fingerprint density at radius 2 is 1.68 bits per heavy atom. The third-order valence-electron chi connectivity index (χ3n) is 4.00. The second-order valence-corrected chi connectivity index (χ2v) is 6.51. The number of nitrogens with two attached hydrogens (primary N) is 1. The molecule has 0 aliphatic carbocycles. The number of nitrogens with zero attached hydrogens (tertiary/aromatic N) is 2. The van der Waals surface area contributed by atoms with Gasteiger partial charge in [-0.15, -0.1) is 0 Å². The minimum absolute atomic E-state index is 0.319. The number of aliphatic imine (C=N–C) groups is 1. The van der Waals surface area contributed by atoms with E-state index in [4.69, 9.17) is 5.73 Å². The van der Waals surface area contributed by atoms with Crippen LogP contribution in [0.15, 0.2) is 29.3 Å². The Morgan fingerprint density at radius 1 is 1.09 bits per heavy atom. The summed E-state index contributed by atoms with van der Waals surface area (Å²) >= 11 is 0. The molecule has 0 aromatic heterocycles. The maximum Gasteiger partial charge on any atom is 0.189 e. The maximum absolute atomic E-state index is 5.82. The second-order valence-electron chi connectivity index (χ2n) is 6.51. The smallest absolute Gasteiger partial charge is 0.189 e. The Morgan fingerprint density at radius 3 is 2.27 bits per heavy atom. The van der Waals surface area contributed by atoms with Crippen molar-refractivity contribution in [3.63, 3.8) is 0 Å². The van der Waals surface area contributed by atoms with Crippen molar-refractivity contribution in [3.05, 3.63) is 35.4 Å². The summed E-state index contributed by atoms with van der Waals surface area (Å²) in [4.78, 5) is 6.94. The van der Waals surface area contributed by atoms with Gasteiger partial charge in [0.2, 0.25) is 0 Å². The van der Waals surface area contributed by atoms with Crippen LogP contribution >= 0.6 is 0 Å². The molecule has 0 amide bonds. The molecule has 4 nitrogen and oxygen atoms in total. The van der Waals surface area contributed by atoms with E-state index in [0.717, 1.165) is 6.54 Å². The van der Waals surface area contributed by atoms with Gasteiger partial charge >= 0.3 is 0 Å². The summed E-state index contributed by atoms with van der Waals surface area (Å²) in [6.07, 6.45) is 5.46. The largest absolute Gasteiger partial charge is 0.370 e. The third-order valence-corrected chi connectivity index (χ3v) is 4.00. The Balaban J connectivity index is 1.84. The molecule has 1 aromatic rings. The molecule has 1 aliphatic rings. The molecule has 1 fully saturated rings. The highest BCUT2D eigenvalue weighted by molar-refractivity contribution is 5.78. The first kappa shape index (κ1) is 16.8. The lowest BCUT2D eigenvalue weighted by atomic mass is 10.1. The molecule has 1 heterocycles. The van der Waals surface area contributed by atoms with Gasteiger partial charge in [0, 0.05) is 12.6 Å². The van der Waals surface area contributed by atoms with E-state index in [1.54, 1.807) is 0 Å². The summed E-state index contributed by atoms with van der Waals surface area (Å²) in [5.41, 5.74) is 8.42. The number of nitrogens with one attached hydrogen (secondary N) is 1. The van der Waals surface area contributed by atoms with Crippen LogP contribution < -0.4 is 11.1 Å². The normalized spacial score (nSPS) is 17.5. The van der Waals surface area contributed by atoms with Crippen molar-refractivity contribution in [1.82, 2.24) is 10.2 Å². The highest BCUT2D eigenvalue weighted by Crippen LogP contribution is 2.14. The van der Waals surface area contributed by atoms with Gasteiger partial charge in [-0.25, -0.2) is 4.99 Å². The molecule has 0 unspecified atom stereocenters. The molecule has 4 heteroatoms. The Hall–Kier alpha value is -1.55. The first-order valence-corrected chi connectivity index (χ1v) is 8.50. The fraction of sp³-hybridized carbons (Fsp3) is 0.611. The number of rotatable bonds is 5. The van der Waals surface area contributed by atoms with Gasteiger partial charge in [-0.1, -0.05) is 37.1 Å². The average molecular weight is 302 g/mol. The van der Waals surface area contributed by atoms with Crippen LogP contribution in [-0.2, 0) is 13.1 Å². The second kappa shape index (κ2) is 8.79. The van der Waals surface area contributed by atoms with Crippen LogP contribution in [-0.4, -0.2) is 30.0 Å². The van der Waals surface area contributed by atoms with E-state index >= 15 is 0 Å². The highest BCUT2D eigenvalue weighted by Gasteiger charge is 2.09. The van der Waals surface area contributed by atoms with Gasteiger partial charge in [0.05, 0.1) is 6.54 Å². The van der Waals surface area contributed by atoms with Crippen LogP contribution in [0.2, 0.25) is 0 Å². The zero-order chi connectivity index (χ0) is 15.8. The minimum Gasteiger partial charge on any atom is -0.370 e. The quantitative estimate of drug-likeness (QED) is 0.649. The van der Waals surface area contributed by atoms with Crippen molar-refractivity contribution in [1.29, 1.82) is 0 Å². The van der Waals surface area contributed by atoms with E-state index < -0.39 is 0 Å². The lowest BCUT2D eigenvalue weighted by molar-refractivity contribution is 0.277. The van der Waals surface area contributed by atoms with E-state index in [1.807, 2.05) is 0 Å². The number of benzene rings is 1. The molecule has 3 N–H and O–H groups in total. The fourth-order valence-electron chi connectivity index (χ4n) is 2.82. The van der Waals surface area contributed by atoms with Crippen LogP contribution in [0.25, 0.3) is 0 Å². The van der Waals surface area contributed by atoms with E-state index in [2.05, 4.69) is 53.3 Å². The lowest BCUT2D eigenvalue weighted by Gasteiger charge is -2.19. The van der Waals surface area contributed by atoms with Gasteiger partial charge in [-0.2, -0.15) is 0 Å². The highest BCUT2D eigenvalue weighted by atomic mass is 15.1. The molecule has 1 saturated heterocycles. The molecular formula is C18H30N4. The molecule has 1 aromatic carbocycles. The topological polar surface area (TPSA) is 53.6 Å². The van der Waals surface area contributed by atoms with Crippen LogP contribution in [0.3, 0.4) is 0 Å². The minimum atomic E-state index is 0.319. The van der Waals surface area contributed by atoms with Crippen LogP contribution in [0.4, 0.5) is 0 Å². The predicted molar refractivity (Wildman–Crippen MR) is 93.8 cm³/mol. The predicted octanol–water partition coefficient (Wildman–Crippen LogP) is 2.88. The number of hydrogen-bond acceptors (Lipinski definition) is 2. The van der Waals surface area contributed by atoms with E-state index in [9.17, 15) is 0 Å². The molecule has 2 rings (SSSR count). The standard InChI is InChI=1S/C18H30N4/c1-15(2)21-18(19)20-13-16-7-9-17(10-8-16)14-22-11-5-3-4-6-12-22/h7-10,15H,3-6,11-14H2,1-2H3,(H3,19,20,21). The molecule has 0 bridgehead atoms. The Labute approximate surface area is 134 Å².